The summed E-state index contributed by atoms with van der Waals surface area (Å²) in [6, 6.07) is 0.629. The van der Waals surface area contributed by atoms with E-state index in [1.54, 1.807) is 14.0 Å². The van der Waals surface area contributed by atoms with Crippen LogP contribution in [0, 0.1) is 11.8 Å². The fourth-order valence-electron chi connectivity index (χ4n) is 7.07. The highest BCUT2D eigenvalue weighted by molar-refractivity contribution is 5.75. The molecule has 8 nitrogen and oxygen atoms in total. The van der Waals surface area contributed by atoms with Gasteiger partial charge in [-0.2, -0.15) is 0 Å². The highest BCUT2D eigenvalue weighted by Crippen LogP contribution is 2.41. The van der Waals surface area contributed by atoms with Crippen molar-refractivity contribution in [3.8, 4) is 0 Å². The number of ether oxygens (including phenoxy) is 2. The summed E-state index contributed by atoms with van der Waals surface area (Å²) < 4.78 is 25.3. The molecule has 5 rings (SSSR count). The van der Waals surface area contributed by atoms with E-state index in [1.165, 1.54) is 12.8 Å². The number of fused-ring (bicyclic) bond motifs is 1. The van der Waals surface area contributed by atoms with Crippen molar-refractivity contribution in [1.29, 1.82) is 0 Å². The van der Waals surface area contributed by atoms with E-state index >= 15 is 0 Å². The fraction of sp³-hybridized carbons (Fsp3) is 0.920. The summed E-state index contributed by atoms with van der Waals surface area (Å²) in [5, 5.41) is 2.42. The summed E-state index contributed by atoms with van der Waals surface area (Å²) >= 11 is 0. The molecule has 9 heteroatoms. The van der Waals surface area contributed by atoms with E-state index in [0.717, 1.165) is 32.4 Å². The van der Waals surface area contributed by atoms with E-state index < -0.39 is 18.4 Å². The molecule has 192 valence electrons. The van der Waals surface area contributed by atoms with E-state index in [2.05, 4.69) is 10.4 Å². The second-order valence-electron chi connectivity index (χ2n) is 11.2. The van der Waals surface area contributed by atoms with Crippen LogP contribution in [0.4, 0.5) is 9.18 Å². The highest BCUT2D eigenvalue weighted by Gasteiger charge is 2.49. The van der Waals surface area contributed by atoms with E-state index in [1.807, 2.05) is 16.7 Å². The number of nitrogens with one attached hydrogen (secondary N) is 1. The van der Waals surface area contributed by atoms with Crippen LogP contribution in [0.15, 0.2) is 0 Å². The van der Waals surface area contributed by atoms with Crippen molar-refractivity contribution in [3.63, 3.8) is 0 Å². The molecule has 8 atom stereocenters. The lowest BCUT2D eigenvalue weighted by atomic mass is 9.73. The number of hydrogen-bond donors (Lipinski definition) is 1. The Morgan fingerprint density at radius 2 is 1.74 bits per heavy atom. The molecule has 2 saturated heterocycles. The Hall–Kier alpha value is -1.45. The molecule has 5 fully saturated rings. The van der Waals surface area contributed by atoms with Crippen LogP contribution >= 0.6 is 0 Å². The van der Waals surface area contributed by atoms with E-state index in [4.69, 9.17) is 9.47 Å². The second-order valence-corrected chi connectivity index (χ2v) is 11.2. The maximum atomic E-state index is 13.9. The molecule has 34 heavy (non-hydrogen) atoms. The number of carbonyl (C=O) groups is 2. The van der Waals surface area contributed by atoms with Gasteiger partial charge in [-0.1, -0.05) is 0 Å². The SMILES string of the molecule is COC1CC(F)CCC1OC(=O)N1CC(C)N(C(C)=O)C2CCC(C3CNN(C4CC4)C3)CC21. The molecule has 1 N–H and O–H groups in total. The van der Waals surface area contributed by atoms with E-state index in [9.17, 15) is 14.0 Å². The first-order chi connectivity index (χ1) is 16.4. The number of alkyl halides is 1. The van der Waals surface area contributed by atoms with Crippen molar-refractivity contribution in [3.05, 3.63) is 0 Å². The van der Waals surface area contributed by atoms with E-state index in [0.29, 0.717) is 37.3 Å². The monoisotopic (exact) mass is 480 g/mol. The summed E-state index contributed by atoms with van der Waals surface area (Å²) in [6.45, 7) is 6.20. The molecule has 0 bridgehead atoms. The third-order valence-corrected chi connectivity index (χ3v) is 8.98. The molecular formula is C25H41FN4O4. The largest absolute Gasteiger partial charge is 0.443 e. The number of piperazine rings is 1. The molecule has 0 spiro atoms. The van der Waals surface area contributed by atoms with Gasteiger partial charge in [-0.15, -0.1) is 0 Å². The summed E-state index contributed by atoms with van der Waals surface area (Å²) in [7, 11) is 1.56. The number of rotatable bonds is 4. The van der Waals surface area contributed by atoms with Crippen molar-refractivity contribution < 1.29 is 23.5 Å². The number of carbonyl (C=O) groups excluding carboxylic acids is 2. The number of hydrogen-bond acceptors (Lipinski definition) is 6. The Labute approximate surface area is 202 Å². The molecule has 2 heterocycles. The summed E-state index contributed by atoms with van der Waals surface area (Å²) in [6.07, 6.45) is 4.54. The lowest BCUT2D eigenvalue weighted by molar-refractivity contribution is -0.143. The Balaban J connectivity index is 1.30. The minimum absolute atomic E-state index is 0.0266. The molecule has 0 aromatic carbocycles. The van der Waals surface area contributed by atoms with Gasteiger partial charge in [-0.3, -0.25) is 10.2 Å². The Kier molecular flexibility index (Phi) is 7.06. The Bertz CT molecular complexity index is 767. The van der Waals surface area contributed by atoms with Gasteiger partial charge >= 0.3 is 6.09 Å². The number of amides is 2. The molecule has 2 amide bonds. The molecule has 0 aromatic heterocycles. The first-order valence-corrected chi connectivity index (χ1v) is 13.3. The molecule has 0 aromatic rings. The van der Waals surface area contributed by atoms with Crippen molar-refractivity contribution in [2.24, 2.45) is 11.8 Å². The predicted molar refractivity (Wildman–Crippen MR) is 125 cm³/mol. The van der Waals surface area contributed by atoms with Gasteiger partial charge in [-0.25, -0.2) is 14.2 Å². The van der Waals surface area contributed by atoms with Crippen molar-refractivity contribution in [2.75, 3.05) is 26.7 Å². The fourth-order valence-corrected chi connectivity index (χ4v) is 7.07. The smallest absolute Gasteiger partial charge is 0.410 e. The van der Waals surface area contributed by atoms with Crippen LogP contribution in [0.3, 0.4) is 0 Å². The molecule has 0 radical (unpaired) electrons. The van der Waals surface area contributed by atoms with Crippen molar-refractivity contribution >= 4 is 12.0 Å². The van der Waals surface area contributed by atoms with Crippen LogP contribution in [0.2, 0.25) is 0 Å². The highest BCUT2D eigenvalue weighted by atomic mass is 19.1. The van der Waals surface area contributed by atoms with Gasteiger partial charge in [0, 0.05) is 52.2 Å². The van der Waals surface area contributed by atoms with E-state index in [-0.39, 0.29) is 36.5 Å². The maximum absolute atomic E-state index is 13.9. The first kappa shape index (κ1) is 24.3. The molecule has 3 aliphatic carbocycles. The minimum atomic E-state index is -0.905. The number of halogens is 1. The zero-order valence-corrected chi connectivity index (χ0v) is 20.8. The maximum Gasteiger partial charge on any atom is 0.410 e. The third-order valence-electron chi connectivity index (χ3n) is 8.98. The molecule has 2 aliphatic heterocycles. The van der Waals surface area contributed by atoms with Crippen LogP contribution in [0.1, 0.15) is 65.2 Å². The quantitative estimate of drug-likeness (QED) is 0.667. The Morgan fingerprint density at radius 1 is 0.941 bits per heavy atom. The Morgan fingerprint density at radius 3 is 2.44 bits per heavy atom. The topological polar surface area (TPSA) is 74.3 Å². The summed E-state index contributed by atoms with van der Waals surface area (Å²) in [5.41, 5.74) is 3.59. The first-order valence-electron chi connectivity index (χ1n) is 13.3. The zero-order valence-electron chi connectivity index (χ0n) is 20.8. The molecule has 5 aliphatic rings. The lowest BCUT2D eigenvalue weighted by Gasteiger charge is -2.54. The number of methoxy groups -OCH3 is 1. The van der Waals surface area contributed by atoms with Gasteiger partial charge in [0.05, 0.1) is 18.2 Å². The average Bonchev–Trinajstić information content (AvgIpc) is 3.55. The molecular weight excluding hydrogens is 439 g/mol. The lowest BCUT2D eigenvalue weighted by Crippen LogP contribution is -2.67. The second kappa shape index (κ2) is 9.90. The van der Waals surface area contributed by atoms with Crippen LogP contribution in [0.25, 0.3) is 0 Å². The summed E-state index contributed by atoms with van der Waals surface area (Å²) in [5.74, 6) is 1.17. The van der Waals surface area contributed by atoms with Gasteiger partial charge in [-0.05, 0) is 63.7 Å². The van der Waals surface area contributed by atoms with Crippen molar-refractivity contribution in [2.45, 2.75) is 108 Å². The average molecular weight is 481 g/mol. The van der Waals surface area contributed by atoms with Gasteiger partial charge in [0.25, 0.3) is 0 Å². The normalized spacial score (nSPS) is 41.3. The molecule has 8 unspecified atom stereocenters. The number of hydrazine groups is 1. The van der Waals surface area contributed by atoms with Crippen LogP contribution in [0.5, 0.6) is 0 Å². The van der Waals surface area contributed by atoms with Crippen LogP contribution in [-0.4, -0.2) is 96.1 Å². The van der Waals surface area contributed by atoms with Gasteiger partial charge in [0.2, 0.25) is 5.91 Å². The standard InChI is InChI=1S/C25H41FN4O4/c1-15-13-28(25(32)34-23-9-5-19(26)11-24(23)33-3)22-10-17(4-8-21(22)30(15)16(2)31)18-12-27-29(14-18)20-6-7-20/h15,17-24,27H,4-14H2,1-3H3. The predicted octanol–water partition coefficient (Wildman–Crippen LogP) is 2.72. The van der Waals surface area contributed by atoms with Crippen LogP contribution in [-0.2, 0) is 14.3 Å². The van der Waals surface area contributed by atoms with Gasteiger partial charge in [0.1, 0.15) is 12.3 Å². The van der Waals surface area contributed by atoms with Crippen LogP contribution < -0.4 is 5.43 Å². The zero-order chi connectivity index (χ0) is 24.0. The summed E-state index contributed by atoms with van der Waals surface area (Å²) in [4.78, 5) is 29.9. The molecule has 3 saturated carbocycles. The van der Waals surface area contributed by atoms with Gasteiger partial charge < -0.3 is 19.3 Å². The van der Waals surface area contributed by atoms with Gasteiger partial charge in [0.15, 0.2) is 0 Å². The van der Waals surface area contributed by atoms with Crippen molar-refractivity contribution in [1.82, 2.24) is 20.2 Å². The minimum Gasteiger partial charge on any atom is -0.443 e. The number of nitrogens with zero attached hydrogens (tertiary/aromatic N) is 3. The third kappa shape index (κ3) is 4.80.